The second-order valence-electron chi connectivity index (χ2n) is 10.8. The summed E-state index contributed by atoms with van der Waals surface area (Å²) in [7, 11) is -2.77. The van der Waals surface area contributed by atoms with Gasteiger partial charge in [0.2, 0.25) is 8.07 Å². The molecule has 0 aliphatic heterocycles. The third kappa shape index (κ3) is 4.05. The highest BCUT2D eigenvalue weighted by molar-refractivity contribution is 7.19. The lowest BCUT2D eigenvalue weighted by Gasteiger charge is -2.33. The zero-order chi connectivity index (χ0) is 28.6. The van der Waals surface area contributed by atoms with Crippen LogP contribution in [-0.4, -0.2) is 27.6 Å². The standard InChI is InChI=1S/C38H28N4Si/c1-3-13-30(14-4-1)43(31-15-5-2-6-16-31,37-20-9-10-23-39-37)32-17-11-12-29(27-32)42-35-19-8-7-18-33(35)34-22-21-28(26-36(34)42)38-40-24-25-41-38/h1-27H,(H,40,41). The number of benzene rings is 5. The van der Waals surface area contributed by atoms with Crippen molar-refractivity contribution in [3.63, 3.8) is 0 Å². The fourth-order valence-corrected chi connectivity index (χ4v) is 11.2. The second kappa shape index (κ2) is 10.4. The van der Waals surface area contributed by atoms with Gasteiger partial charge in [0.1, 0.15) is 5.82 Å². The Morgan fingerprint density at radius 3 is 1.93 bits per heavy atom. The van der Waals surface area contributed by atoms with Gasteiger partial charge in [0.25, 0.3) is 0 Å². The number of aromatic amines is 1. The molecule has 3 aromatic heterocycles. The first-order valence-corrected chi connectivity index (χ1v) is 16.5. The number of aromatic nitrogens is 4. The molecular formula is C38H28N4Si. The molecule has 0 radical (unpaired) electrons. The van der Waals surface area contributed by atoms with E-state index < -0.39 is 8.07 Å². The Labute approximate surface area is 251 Å². The van der Waals surface area contributed by atoms with Gasteiger partial charge in [-0.2, -0.15) is 0 Å². The number of hydrogen-bond acceptors (Lipinski definition) is 2. The maximum atomic E-state index is 5.06. The summed E-state index contributed by atoms with van der Waals surface area (Å²) in [4.78, 5) is 12.9. The number of imidazole rings is 1. The molecule has 204 valence electrons. The van der Waals surface area contributed by atoms with Gasteiger partial charge in [-0.05, 0) is 52.0 Å². The van der Waals surface area contributed by atoms with Gasteiger partial charge in [0, 0.05) is 45.9 Å². The monoisotopic (exact) mass is 568 g/mol. The summed E-state index contributed by atoms with van der Waals surface area (Å²) < 4.78 is 2.40. The average molecular weight is 569 g/mol. The first kappa shape index (κ1) is 25.2. The second-order valence-corrected chi connectivity index (χ2v) is 14.5. The van der Waals surface area contributed by atoms with Crippen molar-refractivity contribution in [1.82, 2.24) is 19.5 Å². The molecule has 43 heavy (non-hydrogen) atoms. The number of para-hydroxylation sites is 1. The quantitative estimate of drug-likeness (QED) is 0.199. The zero-order valence-electron chi connectivity index (χ0n) is 23.4. The highest BCUT2D eigenvalue weighted by Crippen LogP contribution is 2.34. The number of H-pyrrole nitrogens is 1. The average Bonchev–Trinajstić information content (AvgIpc) is 3.74. The molecule has 1 N–H and O–H groups in total. The van der Waals surface area contributed by atoms with E-state index in [4.69, 9.17) is 4.98 Å². The maximum absolute atomic E-state index is 5.06. The minimum atomic E-state index is -2.77. The Kier molecular flexibility index (Phi) is 6.09. The molecular weight excluding hydrogens is 541 g/mol. The smallest absolute Gasteiger partial charge is 0.201 e. The minimum Gasteiger partial charge on any atom is -0.345 e. The van der Waals surface area contributed by atoms with Crippen LogP contribution in [0.4, 0.5) is 0 Å². The molecule has 0 saturated carbocycles. The Balaban J connectivity index is 1.44. The lowest BCUT2D eigenvalue weighted by atomic mass is 10.1. The Bertz CT molecular complexity index is 2070. The van der Waals surface area contributed by atoms with Gasteiger partial charge in [-0.25, -0.2) is 4.98 Å². The van der Waals surface area contributed by atoms with Crippen LogP contribution in [-0.2, 0) is 0 Å². The van der Waals surface area contributed by atoms with Crippen molar-refractivity contribution in [3.8, 4) is 17.1 Å². The van der Waals surface area contributed by atoms with Crippen LogP contribution in [0.15, 0.2) is 164 Å². The molecule has 5 heteroatoms. The van der Waals surface area contributed by atoms with Crippen molar-refractivity contribution in [2.45, 2.75) is 0 Å². The van der Waals surface area contributed by atoms with E-state index in [0.717, 1.165) is 27.9 Å². The van der Waals surface area contributed by atoms with Gasteiger partial charge in [-0.3, -0.25) is 4.98 Å². The van der Waals surface area contributed by atoms with E-state index in [1.54, 1.807) is 6.20 Å². The van der Waals surface area contributed by atoms with Gasteiger partial charge in [-0.15, -0.1) is 0 Å². The molecule has 0 atom stereocenters. The molecule has 4 nitrogen and oxygen atoms in total. The number of hydrogen-bond donors (Lipinski definition) is 1. The number of fused-ring (bicyclic) bond motifs is 3. The van der Waals surface area contributed by atoms with Crippen molar-refractivity contribution in [3.05, 3.63) is 164 Å². The lowest BCUT2D eigenvalue weighted by molar-refractivity contribution is 1.18. The van der Waals surface area contributed by atoms with Crippen molar-refractivity contribution in [1.29, 1.82) is 0 Å². The largest absolute Gasteiger partial charge is 0.345 e. The normalized spacial score (nSPS) is 11.7. The van der Waals surface area contributed by atoms with Gasteiger partial charge in [0.15, 0.2) is 0 Å². The first-order valence-electron chi connectivity index (χ1n) is 14.5. The van der Waals surface area contributed by atoms with Crippen LogP contribution >= 0.6 is 0 Å². The SMILES string of the molecule is c1ccc([Si](c2ccccc2)(c2cccc(-n3c4ccccc4c4ccc(-c5ncc[nH]5)cc43)c2)c2ccccn2)cc1. The number of rotatable bonds is 6. The number of pyridine rings is 1. The molecule has 0 spiro atoms. The van der Waals surface area contributed by atoms with Gasteiger partial charge < -0.3 is 9.55 Å². The molecule has 0 unspecified atom stereocenters. The number of nitrogens with one attached hydrogen (secondary N) is 1. The maximum Gasteiger partial charge on any atom is 0.201 e. The molecule has 0 saturated heterocycles. The van der Waals surface area contributed by atoms with Crippen LogP contribution in [0.3, 0.4) is 0 Å². The predicted octanol–water partition coefficient (Wildman–Crippen LogP) is 5.95. The molecule has 0 amide bonds. The summed E-state index contributed by atoms with van der Waals surface area (Å²) in [6, 6.07) is 52.6. The zero-order valence-corrected chi connectivity index (χ0v) is 24.4. The Morgan fingerprint density at radius 2 is 1.21 bits per heavy atom. The van der Waals surface area contributed by atoms with Crippen molar-refractivity contribution >= 4 is 50.8 Å². The number of nitrogens with zero attached hydrogens (tertiary/aromatic N) is 3. The topological polar surface area (TPSA) is 46.5 Å². The predicted molar refractivity (Wildman–Crippen MR) is 180 cm³/mol. The van der Waals surface area contributed by atoms with Crippen LogP contribution < -0.4 is 20.9 Å². The van der Waals surface area contributed by atoms with Gasteiger partial charge in [0.05, 0.1) is 11.0 Å². The summed E-state index contributed by atoms with van der Waals surface area (Å²) in [6.45, 7) is 0. The molecule has 0 aliphatic carbocycles. The first-order chi connectivity index (χ1) is 21.3. The highest BCUT2D eigenvalue weighted by Gasteiger charge is 2.43. The fraction of sp³-hybridized carbons (Fsp3) is 0. The van der Waals surface area contributed by atoms with E-state index in [1.165, 1.54) is 31.8 Å². The summed E-state index contributed by atoms with van der Waals surface area (Å²) in [5, 5.41) is 7.46. The van der Waals surface area contributed by atoms with Crippen molar-refractivity contribution in [2.75, 3.05) is 0 Å². The molecule has 8 rings (SSSR count). The van der Waals surface area contributed by atoms with Gasteiger partial charge in [-0.1, -0.05) is 109 Å². The fourth-order valence-electron chi connectivity index (χ4n) is 6.60. The summed E-state index contributed by atoms with van der Waals surface area (Å²) in [5.41, 5.74) is 4.51. The van der Waals surface area contributed by atoms with E-state index in [0.29, 0.717) is 0 Å². The van der Waals surface area contributed by atoms with E-state index in [1.807, 2.05) is 18.5 Å². The third-order valence-corrected chi connectivity index (χ3v) is 13.1. The Hall–Kier alpha value is -5.52. The van der Waals surface area contributed by atoms with E-state index >= 15 is 0 Å². The summed E-state index contributed by atoms with van der Waals surface area (Å²) >= 11 is 0. The van der Waals surface area contributed by atoms with Crippen molar-refractivity contribution < 1.29 is 0 Å². The van der Waals surface area contributed by atoms with E-state index in [2.05, 4.69) is 154 Å². The molecule has 0 aliphatic rings. The third-order valence-electron chi connectivity index (χ3n) is 8.45. The summed E-state index contributed by atoms with van der Waals surface area (Å²) in [5.74, 6) is 0.863. The van der Waals surface area contributed by atoms with Crippen LogP contribution in [0.2, 0.25) is 0 Å². The highest BCUT2D eigenvalue weighted by atomic mass is 28.3. The molecule has 5 aromatic carbocycles. The van der Waals surface area contributed by atoms with Crippen LogP contribution in [0, 0.1) is 0 Å². The van der Waals surface area contributed by atoms with E-state index in [9.17, 15) is 0 Å². The van der Waals surface area contributed by atoms with Crippen LogP contribution in [0.5, 0.6) is 0 Å². The van der Waals surface area contributed by atoms with Gasteiger partial charge >= 0.3 is 0 Å². The van der Waals surface area contributed by atoms with Crippen LogP contribution in [0.1, 0.15) is 0 Å². The summed E-state index contributed by atoms with van der Waals surface area (Å²) in [6.07, 6.45) is 5.59. The molecule has 0 bridgehead atoms. The lowest BCUT2D eigenvalue weighted by Crippen LogP contribution is -2.75. The van der Waals surface area contributed by atoms with E-state index in [-0.39, 0.29) is 0 Å². The molecule has 3 heterocycles. The van der Waals surface area contributed by atoms with Crippen LogP contribution in [0.25, 0.3) is 38.9 Å². The molecule has 8 aromatic rings. The Morgan fingerprint density at radius 1 is 0.512 bits per heavy atom. The minimum absolute atomic E-state index is 0.863. The molecule has 0 fully saturated rings. The van der Waals surface area contributed by atoms with Crippen molar-refractivity contribution in [2.24, 2.45) is 0 Å².